The molecule has 2 aromatic rings. The van der Waals surface area contributed by atoms with E-state index in [1.54, 1.807) is 24.5 Å². The maximum Gasteiger partial charge on any atom is 0.295 e. The van der Waals surface area contributed by atoms with Crippen molar-refractivity contribution in [3.8, 4) is 11.1 Å². The van der Waals surface area contributed by atoms with Crippen LogP contribution in [0.5, 0.6) is 0 Å². The summed E-state index contributed by atoms with van der Waals surface area (Å²) in [5, 5.41) is 22.3. The minimum atomic E-state index is -0.513. The number of benzene rings is 1. The Balaban J connectivity index is 0.000000219. The molecule has 3 rings (SSSR count). The van der Waals surface area contributed by atoms with Gasteiger partial charge >= 0.3 is 0 Å². The van der Waals surface area contributed by atoms with Gasteiger partial charge in [-0.3, -0.25) is 10.1 Å². The highest BCUT2D eigenvalue weighted by Crippen LogP contribution is 2.38. The van der Waals surface area contributed by atoms with Crippen molar-refractivity contribution in [3.63, 3.8) is 0 Å². The first-order valence-electron chi connectivity index (χ1n) is 7.06. The standard InChI is InChI=1S/C10H6Cl2N2O2.C4H8N2O2/c11-8-3-1-2-6(10(8)14(15)16)7-4-13-5-9(7)12;7-6(8)5-3-1-2-4-5/h1-5,13H;1-4H2. The van der Waals surface area contributed by atoms with Crippen molar-refractivity contribution in [1.29, 1.82) is 0 Å². The van der Waals surface area contributed by atoms with E-state index < -0.39 is 4.92 Å². The topological polar surface area (TPSA) is 105 Å². The van der Waals surface area contributed by atoms with Gasteiger partial charge in [0.1, 0.15) is 5.02 Å². The van der Waals surface area contributed by atoms with Gasteiger partial charge in [-0.1, -0.05) is 29.3 Å². The summed E-state index contributed by atoms with van der Waals surface area (Å²) >= 11 is 11.7. The highest BCUT2D eigenvalue weighted by atomic mass is 35.5. The molecule has 0 amide bonds. The second-order valence-corrected chi connectivity index (χ2v) is 5.82. The van der Waals surface area contributed by atoms with Crippen LogP contribution in [0.2, 0.25) is 10.0 Å². The Labute approximate surface area is 147 Å². The summed E-state index contributed by atoms with van der Waals surface area (Å²) in [5.74, 6) is 0. The van der Waals surface area contributed by atoms with Crippen LogP contribution in [-0.4, -0.2) is 33.0 Å². The molecule has 8 nitrogen and oxygen atoms in total. The van der Waals surface area contributed by atoms with Gasteiger partial charge in [0.25, 0.3) is 5.69 Å². The molecule has 128 valence electrons. The van der Waals surface area contributed by atoms with Gasteiger partial charge in [0.15, 0.2) is 5.03 Å². The lowest BCUT2D eigenvalue weighted by molar-refractivity contribution is -0.650. The van der Waals surface area contributed by atoms with Crippen LogP contribution in [0.15, 0.2) is 30.6 Å². The van der Waals surface area contributed by atoms with Gasteiger partial charge in [0, 0.05) is 18.0 Å². The highest BCUT2D eigenvalue weighted by molar-refractivity contribution is 6.35. The summed E-state index contributed by atoms with van der Waals surface area (Å²) in [6.07, 6.45) is 5.10. The molecule has 1 aromatic carbocycles. The summed E-state index contributed by atoms with van der Waals surface area (Å²) in [6, 6.07) is 4.73. The van der Waals surface area contributed by atoms with Crippen LogP contribution < -0.4 is 0 Å². The summed E-state index contributed by atoms with van der Waals surface area (Å²) in [5.41, 5.74) is 0.838. The molecule has 1 aliphatic heterocycles. The number of hydrogen-bond donors (Lipinski definition) is 1. The molecule has 1 saturated heterocycles. The van der Waals surface area contributed by atoms with E-state index in [4.69, 9.17) is 23.2 Å². The van der Waals surface area contributed by atoms with E-state index >= 15 is 0 Å². The summed E-state index contributed by atoms with van der Waals surface area (Å²) in [7, 11) is 0. The van der Waals surface area contributed by atoms with Gasteiger partial charge in [-0.2, -0.15) is 0 Å². The summed E-state index contributed by atoms with van der Waals surface area (Å²) in [4.78, 5) is 23.1. The molecule has 0 saturated carbocycles. The number of aromatic amines is 1. The van der Waals surface area contributed by atoms with Gasteiger partial charge in [-0.25, -0.2) is 10.1 Å². The first-order valence-corrected chi connectivity index (χ1v) is 7.82. The Morgan fingerprint density at radius 3 is 2.12 bits per heavy atom. The number of halogens is 2. The van der Waals surface area contributed by atoms with Crippen LogP contribution in [0.1, 0.15) is 12.8 Å². The van der Waals surface area contributed by atoms with Gasteiger partial charge in [0.2, 0.25) is 0 Å². The van der Waals surface area contributed by atoms with Crippen LogP contribution in [0, 0.1) is 20.2 Å². The molecule has 0 atom stereocenters. The fourth-order valence-corrected chi connectivity index (χ4v) is 2.80. The lowest BCUT2D eigenvalue weighted by Gasteiger charge is -2.02. The third-order valence-electron chi connectivity index (χ3n) is 3.47. The quantitative estimate of drug-likeness (QED) is 0.642. The van der Waals surface area contributed by atoms with Gasteiger partial charge in [0.05, 0.1) is 28.6 Å². The van der Waals surface area contributed by atoms with Gasteiger partial charge in [-0.15, -0.1) is 5.01 Å². The number of nitrogens with one attached hydrogen (secondary N) is 1. The van der Waals surface area contributed by atoms with Crippen LogP contribution >= 0.6 is 23.2 Å². The van der Waals surface area contributed by atoms with Gasteiger partial charge < -0.3 is 4.98 Å². The molecular formula is C14H14Cl2N4O4. The van der Waals surface area contributed by atoms with E-state index in [1.165, 1.54) is 11.1 Å². The third-order valence-corrected chi connectivity index (χ3v) is 4.09. The Kier molecular flexibility index (Phi) is 5.99. The second kappa shape index (κ2) is 7.98. The minimum absolute atomic E-state index is 0.0970. The van der Waals surface area contributed by atoms with E-state index in [0.717, 1.165) is 12.8 Å². The maximum atomic E-state index is 10.9. The fourth-order valence-electron chi connectivity index (χ4n) is 2.33. The second-order valence-electron chi connectivity index (χ2n) is 5.01. The lowest BCUT2D eigenvalue weighted by Crippen LogP contribution is -2.25. The Morgan fingerprint density at radius 1 is 1.00 bits per heavy atom. The SMILES string of the molecule is O=[N+]([O-])N1CCCC1.O=[N+]([O-])c1c(Cl)cccc1-c1c[nH]cc1Cl. The van der Waals surface area contributed by atoms with E-state index in [1.807, 2.05) is 0 Å². The molecule has 1 N–H and O–H groups in total. The number of hydrogen-bond acceptors (Lipinski definition) is 4. The molecule has 0 radical (unpaired) electrons. The highest BCUT2D eigenvalue weighted by Gasteiger charge is 2.21. The Bertz CT molecular complexity index is 744. The van der Waals surface area contributed by atoms with E-state index in [0.29, 0.717) is 29.2 Å². The molecule has 1 aromatic heterocycles. The number of nitrogens with zero attached hydrogens (tertiary/aromatic N) is 3. The molecule has 0 aliphatic carbocycles. The number of H-pyrrole nitrogens is 1. The third kappa shape index (κ3) is 4.15. The van der Waals surface area contributed by atoms with Crippen molar-refractivity contribution in [2.45, 2.75) is 12.8 Å². The molecule has 1 aliphatic rings. The van der Waals surface area contributed by atoms with Crippen LogP contribution in [-0.2, 0) is 0 Å². The monoisotopic (exact) mass is 372 g/mol. The van der Waals surface area contributed by atoms with Gasteiger partial charge in [-0.05, 0) is 25.0 Å². The average Bonchev–Trinajstić information content (AvgIpc) is 3.18. The maximum absolute atomic E-state index is 10.9. The van der Waals surface area contributed by atoms with Crippen molar-refractivity contribution in [1.82, 2.24) is 9.99 Å². The molecule has 10 heteroatoms. The number of nitro benzene ring substituents is 1. The van der Waals surface area contributed by atoms with Crippen LogP contribution in [0.3, 0.4) is 0 Å². The number of aromatic nitrogens is 1. The van der Waals surface area contributed by atoms with Crippen LogP contribution in [0.25, 0.3) is 11.1 Å². The average molecular weight is 373 g/mol. The molecule has 2 heterocycles. The van der Waals surface area contributed by atoms with E-state index in [-0.39, 0.29) is 15.7 Å². The molecular weight excluding hydrogens is 359 g/mol. The fraction of sp³-hybridized carbons (Fsp3) is 0.286. The number of para-hydroxylation sites is 1. The zero-order valence-corrected chi connectivity index (χ0v) is 14.0. The summed E-state index contributed by atoms with van der Waals surface area (Å²) in [6.45, 7) is 1.26. The Morgan fingerprint density at radius 2 is 1.67 bits per heavy atom. The largest absolute Gasteiger partial charge is 0.366 e. The molecule has 0 bridgehead atoms. The molecule has 24 heavy (non-hydrogen) atoms. The Hall–Kier alpha value is -2.32. The summed E-state index contributed by atoms with van der Waals surface area (Å²) < 4.78 is 0. The lowest BCUT2D eigenvalue weighted by atomic mass is 10.1. The first kappa shape index (κ1) is 18.0. The zero-order chi connectivity index (χ0) is 17.7. The molecule has 1 fully saturated rings. The minimum Gasteiger partial charge on any atom is -0.366 e. The number of rotatable bonds is 3. The van der Waals surface area contributed by atoms with Crippen molar-refractivity contribution in [3.05, 3.63) is 60.9 Å². The predicted molar refractivity (Wildman–Crippen MR) is 90.7 cm³/mol. The van der Waals surface area contributed by atoms with E-state index in [2.05, 4.69) is 4.98 Å². The smallest absolute Gasteiger partial charge is 0.295 e. The van der Waals surface area contributed by atoms with Crippen molar-refractivity contribution in [2.24, 2.45) is 0 Å². The van der Waals surface area contributed by atoms with Crippen molar-refractivity contribution in [2.75, 3.05) is 13.1 Å². The van der Waals surface area contributed by atoms with Crippen molar-refractivity contribution < 1.29 is 9.96 Å². The molecule has 0 unspecified atom stereocenters. The predicted octanol–water partition coefficient (Wildman–Crippen LogP) is 4.17. The number of nitro groups is 2. The zero-order valence-electron chi connectivity index (χ0n) is 12.4. The van der Waals surface area contributed by atoms with E-state index in [9.17, 15) is 20.2 Å². The van der Waals surface area contributed by atoms with Crippen molar-refractivity contribution >= 4 is 28.9 Å². The number of hydrazine groups is 1. The molecule has 0 spiro atoms. The first-order chi connectivity index (χ1) is 11.4. The van der Waals surface area contributed by atoms with Crippen LogP contribution in [0.4, 0.5) is 5.69 Å². The normalized spacial score (nSPS) is 13.3.